The summed E-state index contributed by atoms with van der Waals surface area (Å²) in [6.45, 7) is 4.59. The maximum atomic E-state index is 13.2. The van der Waals surface area contributed by atoms with E-state index in [1.807, 2.05) is 86.6 Å². The average Bonchev–Trinajstić information content (AvgIpc) is 2.99. The highest BCUT2D eigenvalue weighted by molar-refractivity contribution is 7.92. The normalized spacial score (nSPS) is 13.1. The Balaban J connectivity index is 1.65. The van der Waals surface area contributed by atoms with Crippen molar-refractivity contribution in [3.8, 4) is 0 Å². The van der Waals surface area contributed by atoms with E-state index in [9.17, 15) is 16.2 Å². The Morgan fingerprint density at radius 2 is 1.27 bits per heavy atom. The molecular weight excluding hydrogens is 573 g/mol. The zero-order chi connectivity index (χ0) is 28.5. The minimum atomic E-state index is -4.19. The van der Waals surface area contributed by atoms with Crippen LogP contribution >= 0.6 is 24.7 Å². The largest absolute Gasteiger partial charge is 0.358 e. The van der Waals surface area contributed by atoms with Gasteiger partial charge < -0.3 is 0 Å². The van der Waals surface area contributed by atoms with E-state index in [1.54, 1.807) is 12.1 Å². The predicted molar refractivity (Wildman–Crippen MR) is 160 cm³/mol. The van der Waals surface area contributed by atoms with Crippen molar-refractivity contribution in [1.29, 1.82) is 0 Å². The number of rotatable bonds is 13. The Morgan fingerprint density at radius 1 is 0.775 bits per heavy atom. The summed E-state index contributed by atoms with van der Waals surface area (Å²) in [7, 11) is -4.19. The van der Waals surface area contributed by atoms with Gasteiger partial charge in [0.25, 0.3) is 0 Å². The molecule has 0 fully saturated rings. The average molecular weight is 602 g/mol. The second kappa shape index (κ2) is 14.1. The summed E-state index contributed by atoms with van der Waals surface area (Å²) in [5.74, 6) is -0.604. The van der Waals surface area contributed by atoms with Crippen LogP contribution in [0.4, 0.5) is 7.77 Å². The van der Waals surface area contributed by atoms with E-state index < -0.39 is 10.1 Å². The van der Waals surface area contributed by atoms with Gasteiger partial charge in [-0.15, -0.1) is 7.77 Å². The maximum Gasteiger partial charge on any atom is 0.358 e. The second-order valence-electron chi connectivity index (χ2n) is 9.28. The highest BCUT2D eigenvalue weighted by Gasteiger charge is 2.24. The van der Waals surface area contributed by atoms with Gasteiger partial charge in [0.2, 0.25) is 0 Å². The molecule has 0 saturated heterocycles. The Hall–Kier alpha value is -2.96. The van der Waals surface area contributed by atoms with Crippen molar-refractivity contribution in [2.45, 2.75) is 43.7 Å². The number of fused-ring (bicyclic) bond motifs is 1. The van der Waals surface area contributed by atoms with Crippen LogP contribution in [0.2, 0.25) is 0 Å². The van der Waals surface area contributed by atoms with E-state index in [-0.39, 0.29) is 41.4 Å². The van der Waals surface area contributed by atoms with Crippen LogP contribution in [0.5, 0.6) is 0 Å². The molecule has 0 aromatic heterocycles. The molecule has 210 valence electrons. The SMILES string of the molecule is CC(C(=NOS(=O)(=O)c1ccc2ccccc2c1)C(C)c1ccc(CNSF)cc1)c1ccc(CNSF)cc1. The maximum absolute atomic E-state index is 13.2. The molecule has 2 atom stereocenters. The Kier molecular flexibility index (Phi) is 10.6. The molecule has 40 heavy (non-hydrogen) atoms. The van der Waals surface area contributed by atoms with Crippen LogP contribution in [0.3, 0.4) is 0 Å². The standard InChI is InChI=1S/C29H29F2N3O3S3/c1-20(24-11-7-22(8-12-24)18-32-38-30)29(21(2)25-13-9-23(10-14-25)19-33-39-31)34-37-40(35,36)28-16-15-26-5-3-4-6-27(26)17-28/h3-17,20-21,32-33H,18-19H2,1-2H3. The summed E-state index contributed by atoms with van der Waals surface area (Å²) in [5, 5.41) is 5.94. The fraction of sp³-hybridized carbons (Fsp3) is 0.207. The number of nitrogens with zero attached hydrogens (tertiary/aromatic N) is 1. The van der Waals surface area contributed by atoms with Gasteiger partial charge in [-0.05, 0) is 45.2 Å². The molecule has 0 aliphatic heterocycles. The topological polar surface area (TPSA) is 79.8 Å². The zero-order valence-electron chi connectivity index (χ0n) is 21.9. The van der Waals surface area contributed by atoms with E-state index in [0.29, 0.717) is 18.8 Å². The summed E-state index contributed by atoms with van der Waals surface area (Å²) in [4.78, 5) is 0.0137. The number of halogens is 2. The van der Waals surface area contributed by atoms with Gasteiger partial charge in [-0.25, -0.2) is 9.44 Å². The summed E-state index contributed by atoms with van der Waals surface area (Å²) in [6.07, 6.45) is 0. The van der Waals surface area contributed by atoms with Crippen molar-refractivity contribution in [2.24, 2.45) is 5.16 Å². The van der Waals surface area contributed by atoms with E-state index in [1.165, 1.54) is 6.07 Å². The minimum absolute atomic E-state index is 0.0137. The number of benzene rings is 4. The first-order chi connectivity index (χ1) is 19.3. The van der Waals surface area contributed by atoms with Gasteiger partial charge in [0.05, 0.1) is 5.71 Å². The van der Waals surface area contributed by atoms with Gasteiger partial charge in [0, 0.05) is 24.9 Å². The van der Waals surface area contributed by atoms with Gasteiger partial charge >= 0.3 is 10.1 Å². The number of hydrogen-bond acceptors (Lipinski definition) is 8. The lowest BCUT2D eigenvalue weighted by atomic mass is 9.84. The molecule has 0 amide bonds. The Bertz CT molecular complexity index is 1490. The summed E-state index contributed by atoms with van der Waals surface area (Å²) < 4.78 is 61.6. The first kappa shape index (κ1) is 30.0. The predicted octanol–water partition coefficient (Wildman–Crippen LogP) is 7.75. The third-order valence-corrected chi connectivity index (χ3v) is 8.37. The molecule has 4 aromatic carbocycles. The van der Waals surface area contributed by atoms with Crippen molar-refractivity contribution in [3.05, 3.63) is 113 Å². The van der Waals surface area contributed by atoms with Crippen LogP contribution in [0.25, 0.3) is 10.8 Å². The quantitative estimate of drug-likeness (QED) is 0.0921. The van der Waals surface area contributed by atoms with Gasteiger partial charge in [0.1, 0.15) is 29.6 Å². The van der Waals surface area contributed by atoms with Crippen LogP contribution in [-0.4, -0.2) is 14.1 Å². The fourth-order valence-corrected chi connectivity index (χ4v) is 5.62. The number of hydrogen-bond donors (Lipinski definition) is 2. The number of nitrogens with one attached hydrogen (secondary N) is 2. The van der Waals surface area contributed by atoms with E-state index in [4.69, 9.17) is 4.28 Å². The Labute approximate surface area is 242 Å². The molecule has 0 saturated carbocycles. The van der Waals surface area contributed by atoms with Crippen LogP contribution in [0.1, 0.15) is 47.9 Å². The second-order valence-corrected chi connectivity index (χ2v) is 11.7. The molecule has 4 aromatic rings. The van der Waals surface area contributed by atoms with Crippen molar-refractivity contribution in [3.63, 3.8) is 0 Å². The minimum Gasteiger partial charge on any atom is -0.265 e. The monoisotopic (exact) mass is 601 g/mol. The molecule has 2 unspecified atom stereocenters. The zero-order valence-corrected chi connectivity index (χ0v) is 24.3. The molecule has 0 radical (unpaired) electrons. The highest BCUT2D eigenvalue weighted by atomic mass is 32.2. The molecular formula is C29H29F2N3O3S3. The lowest BCUT2D eigenvalue weighted by molar-refractivity contribution is 0.335. The Morgan fingerprint density at radius 3 is 1.77 bits per heavy atom. The molecule has 0 bridgehead atoms. The van der Waals surface area contributed by atoms with Crippen molar-refractivity contribution in [1.82, 2.24) is 9.44 Å². The first-order valence-electron chi connectivity index (χ1n) is 12.5. The molecule has 0 aliphatic rings. The highest BCUT2D eigenvalue weighted by Crippen LogP contribution is 2.29. The lowest BCUT2D eigenvalue weighted by Gasteiger charge is -2.21. The van der Waals surface area contributed by atoms with Gasteiger partial charge in [-0.3, -0.25) is 4.28 Å². The van der Waals surface area contributed by atoms with Crippen molar-refractivity contribution >= 4 is 51.3 Å². The summed E-state index contributed by atoms with van der Waals surface area (Å²) in [6, 6.07) is 27.5. The summed E-state index contributed by atoms with van der Waals surface area (Å²) >= 11 is 0.120. The fourth-order valence-electron chi connectivity index (χ4n) is 4.40. The molecule has 4 rings (SSSR count). The smallest absolute Gasteiger partial charge is 0.265 e. The molecule has 0 heterocycles. The van der Waals surface area contributed by atoms with Gasteiger partial charge in [0.15, 0.2) is 0 Å². The van der Waals surface area contributed by atoms with Crippen LogP contribution in [-0.2, 0) is 27.5 Å². The molecule has 0 spiro atoms. The molecule has 6 nitrogen and oxygen atoms in total. The third kappa shape index (κ3) is 7.61. The first-order valence-corrected chi connectivity index (χ1v) is 15.4. The van der Waals surface area contributed by atoms with Crippen LogP contribution < -0.4 is 9.44 Å². The molecule has 0 aliphatic carbocycles. The molecule has 11 heteroatoms. The number of oxime groups is 1. The van der Waals surface area contributed by atoms with E-state index in [0.717, 1.165) is 33.0 Å². The molecule has 2 N–H and O–H groups in total. The lowest BCUT2D eigenvalue weighted by Crippen LogP contribution is -2.19. The third-order valence-electron chi connectivity index (χ3n) is 6.76. The van der Waals surface area contributed by atoms with Crippen molar-refractivity contribution in [2.75, 3.05) is 0 Å². The van der Waals surface area contributed by atoms with Crippen LogP contribution in [0, 0.1) is 0 Å². The summed E-state index contributed by atoms with van der Waals surface area (Å²) in [5.41, 5.74) is 4.11. The van der Waals surface area contributed by atoms with Gasteiger partial charge in [-0.2, -0.15) is 8.42 Å². The van der Waals surface area contributed by atoms with Crippen molar-refractivity contribution < 1.29 is 20.5 Å². The van der Waals surface area contributed by atoms with Gasteiger partial charge in [-0.1, -0.05) is 97.9 Å². The van der Waals surface area contributed by atoms with E-state index >= 15 is 0 Å². The van der Waals surface area contributed by atoms with Crippen LogP contribution in [0.15, 0.2) is 101 Å². The van der Waals surface area contributed by atoms with E-state index in [2.05, 4.69) is 14.6 Å².